The molecule has 6 heteroatoms. The van der Waals surface area contributed by atoms with Crippen LogP contribution in [-0.4, -0.2) is 24.4 Å². The van der Waals surface area contributed by atoms with Gasteiger partial charge in [0.25, 0.3) is 0 Å². The highest BCUT2D eigenvalue weighted by atomic mass is 16.5. The van der Waals surface area contributed by atoms with Crippen LogP contribution in [0.15, 0.2) is 45.6 Å². The summed E-state index contributed by atoms with van der Waals surface area (Å²) in [5, 5.41) is 20.0. The summed E-state index contributed by atoms with van der Waals surface area (Å²) in [6, 6.07) is 9.41. The quantitative estimate of drug-likeness (QED) is 0.741. The number of aryl methyl sites for hydroxylation is 2. The lowest BCUT2D eigenvalue weighted by Gasteiger charge is -2.08. The lowest BCUT2D eigenvalue weighted by Crippen LogP contribution is -2.03. The molecule has 25 heavy (non-hydrogen) atoms. The van der Waals surface area contributed by atoms with Crippen LogP contribution in [0.5, 0.6) is 23.0 Å². The Morgan fingerprint density at radius 2 is 1.64 bits per heavy atom. The maximum Gasteiger partial charge on any atom is 0.193 e. The van der Waals surface area contributed by atoms with Gasteiger partial charge in [-0.25, -0.2) is 0 Å². The van der Waals surface area contributed by atoms with Gasteiger partial charge in [0.15, 0.2) is 28.4 Å². The van der Waals surface area contributed by atoms with Crippen LogP contribution in [0.2, 0.25) is 0 Å². The van der Waals surface area contributed by atoms with Crippen LogP contribution in [0.3, 0.4) is 0 Å². The molecule has 0 aliphatic carbocycles. The van der Waals surface area contributed by atoms with Gasteiger partial charge in [-0.05, 0) is 30.2 Å². The lowest BCUT2D eigenvalue weighted by atomic mass is 10.1. The fourth-order valence-electron chi connectivity index (χ4n) is 2.67. The number of benzene rings is 2. The van der Waals surface area contributed by atoms with Crippen LogP contribution in [-0.2, 0) is 12.8 Å². The number of phenolic OH excluding ortho intramolecular Hbond substituents is 2. The fraction of sp³-hybridized carbons (Fsp3) is 0.211. The van der Waals surface area contributed by atoms with Gasteiger partial charge in [-0.1, -0.05) is 6.07 Å². The summed E-state index contributed by atoms with van der Waals surface area (Å²) in [6.07, 6.45) is 1.05. The van der Waals surface area contributed by atoms with Crippen LogP contribution >= 0.6 is 0 Å². The predicted octanol–water partition coefficient (Wildman–Crippen LogP) is 3.01. The Labute approximate surface area is 143 Å². The molecule has 130 valence electrons. The third-order valence-corrected chi connectivity index (χ3v) is 3.98. The van der Waals surface area contributed by atoms with Crippen LogP contribution in [0.4, 0.5) is 0 Å². The molecule has 0 bridgehead atoms. The molecular formula is C19H18O6. The number of hydrogen-bond acceptors (Lipinski definition) is 6. The molecule has 6 nitrogen and oxygen atoms in total. The smallest absolute Gasteiger partial charge is 0.193 e. The Morgan fingerprint density at radius 3 is 2.32 bits per heavy atom. The minimum Gasteiger partial charge on any atom is -0.504 e. The third-order valence-electron chi connectivity index (χ3n) is 3.98. The molecule has 0 radical (unpaired) electrons. The Hall–Kier alpha value is -3.15. The highest BCUT2D eigenvalue weighted by molar-refractivity contribution is 5.80. The maximum absolute atomic E-state index is 12.3. The standard InChI is InChI=1S/C19H18O6/c1-23-17-6-4-11(7-15(17)21)3-5-12-8-14(20)13-9-19(24-2)16(22)10-18(13)25-12/h4,6-10,21-22H,3,5H2,1-2H3. The normalized spacial score (nSPS) is 10.8. The van der Waals surface area contributed by atoms with Gasteiger partial charge in [-0.15, -0.1) is 0 Å². The average molecular weight is 342 g/mol. The first kappa shape index (κ1) is 16.7. The minimum absolute atomic E-state index is 0.0666. The zero-order valence-electron chi connectivity index (χ0n) is 13.9. The second-order valence-electron chi connectivity index (χ2n) is 5.60. The molecule has 2 aromatic carbocycles. The van der Waals surface area contributed by atoms with Crippen molar-refractivity contribution in [3.05, 3.63) is 57.9 Å². The van der Waals surface area contributed by atoms with Crippen molar-refractivity contribution in [2.45, 2.75) is 12.8 Å². The van der Waals surface area contributed by atoms with E-state index in [0.717, 1.165) is 5.56 Å². The van der Waals surface area contributed by atoms with Crippen molar-refractivity contribution in [1.29, 1.82) is 0 Å². The molecule has 3 aromatic rings. The van der Waals surface area contributed by atoms with E-state index in [1.54, 1.807) is 12.1 Å². The SMILES string of the molecule is COc1ccc(CCc2cc(=O)c3cc(OC)c(O)cc3o2)cc1O. The van der Waals surface area contributed by atoms with E-state index in [1.807, 2.05) is 6.07 Å². The van der Waals surface area contributed by atoms with E-state index in [1.165, 1.54) is 32.4 Å². The zero-order chi connectivity index (χ0) is 18.0. The summed E-state index contributed by atoms with van der Waals surface area (Å²) in [4.78, 5) is 12.3. The van der Waals surface area contributed by atoms with Crippen molar-refractivity contribution in [2.75, 3.05) is 14.2 Å². The van der Waals surface area contributed by atoms with Crippen molar-refractivity contribution >= 4 is 11.0 Å². The number of aromatic hydroxyl groups is 2. The fourth-order valence-corrected chi connectivity index (χ4v) is 2.67. The minimum atomic E-state index is -0.202. The average Bonchev–Trinajstić information content (AvgIpc) is 2.59. The Balaban J connectivity index is 1.87. The number of fused-ring (bicyclic) bond motifs is 1. The molecular weight excluding hydrogens is 324 g/mol. The Morgan fingerprint density at radius 1 is 0.920 bits per heavy atom. The molecule has 0 saturated heterocycles. The predicted molar refractivity (Wildman–Crippen MR) is 92.8 cm³/mol. The second-order valence-corrected chi connectivity index (χ2v) is 5.60. The first-order valence-corrected chi connectivity index (χ1v) is 7.71. The highest BCUT2D eigenvalue weighted by Crippen LogP contribution is 2.30. The van der Waals surface area contributed by atoms with E-state index in [4.69, 9.17) is 13.9 Å². The van der Waals surface area contributed by atoms with E-state index < -0.39 is 0 Å². The number of phenols is 2. The number of rotatable bonds is 5. The molecule has 0 aliphatic heterocycles. The molecule has 0 unspecified atom stereocenters. The van der Waals surface area contributed by atoms with Gasteiger partial charge in [0.05, 0.1) is 19.6 Å². The molecule has 0 saturated carbocycles. The van der Waals surface area contributed by atoms with E-state index in [2.05, 4.69) is 0 Å². The van der Waals surface area contributed by atoms with Crippen molar-refractivity contribution in [3.8, 4) is 23.0 Å². The topological polar surface area (TPSA) is 89.1 Å². The maximum atomic E-state index is 12.3. The summed E-state index contributed by atoms with van der Waals surface area (Å²) in [6.45, 7) is 0. The first-order valence-electron chi connectivity index (χ1n) is 7.71. The molecule has 0 aliphatic rings. The van der Waals surface area contributed by atoms with Gasteiger partial charge < -0.3 is 24.1 Å². The molecule has 0 spiro atoms. The zero-order valence-corrected chi connectivity index (χ0v) is 13.9. The number of methoxy groups -OCH3 is 2. The number of ether oxygens (including phenoxy) is 2. The Kier molecular flexibility index (Phi) is 4.52. The summed E-state index contributed by atoms with van der Waals surface area (Å²) in [7, 11) is 2.91. The van der Waals surface area contributed by atoms with E-state index in [0.29, 0.717) is 35.3 Å². The summed E-state index contributed by atoms with van der Waals surface area (Å²) in [5.41, 5.74) is 0.990. The Bertz CT molecular complexity index is 974. The van der Waals surface area contributed by atoms with Gasteiger partial charge in [-0.3, -0.25) is 4.79 Å². The van der Waals surface area contributed by atoms with Crippen molar-refractivity contribution < 1.29 is 24.1 Å². The van der Waals surface area contributed by atoms with Crippen LogP contribution < -0.4 is 14.9 Å². The molecule has 2 N–H and O–H groups in total. The summed E-state index contributed by atoms with van der Waals surface area (Å²) < 4.78 is 15.7. The van der Waals surface area contributed by atoms with Crippen LogP contribution in [0.1, 0.15) is 11.3 Å². The van der Waals surface area contributed by atoms with Crippen molar-refractivity contribution in [1.82, 2.24) is 0 Å². The molecule has 1 heterocycles. The van der Waals surface area contributed by atoms with E-state index in [9.17, 15) is 15.0 Å². The lowest BCUT2D eigenvalue weighted by molar-refractivity contribution is 0.373. The molecule has 0 atom stereocenters. The van der Waals surface area contributed by atoms with Gasteiger partial charge in [0.1, 0.15) is 11.3 Å². The number of hydrogen-bond donors (Lipinski definition) is 2. The summed E-state index contributed by atoms with van der Waals surface area (Å²) in [5.74, 6) is 1.11. The molecule has 0 amide bonds. The van der Waals surface area contributed by atoms with E-state index in [-0.39, 0.29) is 22.7 Å². The summed E-state index contributed by atoms with van der Waals surface area (Å²) >= 11 is 0. The van der Waals surface area contributed by atoms with Crippen molar-refractivity contribution in [2.24, 2.45) is 0 Å². The van der Waals surface area contributed by atoms with E-state index >= 15 is 0 Å². The van der Waals surface area contributed by atoms with Gasteiger partial charge in [-0.2, -0.15) is 0 Å². The third kappa shape index (κ3) is 3.38. The van der Waals surface area contributed by atoms with Crippen LogP contribution in [0.25, 0.3) is 11.0 Å². The monoisotopic (exact) mass is 342 g/mol. The highest BCUT2D eigenvalue weighted by Gasteiger charge is 2.11. The first-order chi connectivity index (χ1) is 12.0. The molecule has 0 fully saturated rings. The van der Waals surface area contributed by atoms with Gasteiger partial charge in [0, 0.05) is 18.6 Å². The largest absolute Gasteiger partial charge is 0.504 e. The van der Waals surface area contributed by atoms with Gasteiger partial charge >= 0.3 is 0 Å². The molecule has 3 rings (SSSR count). The van der Waals surface area contributed by atoms with Gasteiger partial charge in [0.2, 0.25) is 0 Å². The van der Waals surface area contributed by atoms with Crippen LogP contribution in [0, 0.1) is 0 Å². The van der Waals surface area contributed by atoms with Crippen molar-refractivity contribution in [3.63, 3.8) is 0 Å². The molecule has 1 aromatic heterocycles. The second kappa shape index (κ2) is 6.76.